The van der Waals surface area contributed by atoms with E-state index in [2.05, 4.69) is 14.8 Å². The van der Waals surface area contributed by atoms with Crippen LogP contribution in [0.5, 0.6) is 0 Å². The summed E-state index contributed by atoms with van der Waals surface area (Å²) in [6.07, 6.45) is -1.09. The Hall–Kier alpha value is -1.83. The Morgan fingerprint density at radius 1 is 1.74 bits per heavy atom. The smallest absolute Gasteiger partial charge is 0.350 e. The Kier molecular flexibility index (Phi) is 4.71. The molecule has 1 aliphatic rings. The fourth-order valence-electron chi connectivity index (χ4n) is 1.98. The molecule has 0 aliphatic carbocycles. The predicted octanol–water partition coefficient (Wildman–Crippen LogP) is -0.487. The van der Waals surface area contributed by atoms with Crippen molar-refractivity contribution in [2.75, 3.05) is 13.2 Å². The van der Waals surface area contributed by atoms with Crippen molar-refractivity contribution in [3.8, 4) is 0 Å². The first-order valence-electron chi connectivity index (χ1n) is 5.69. The Morgan fingerprint density at radius 3 is 2.84 bits per heavy atom. The molecule has 2 N–H and O–H groups in total. The van der Waals surface area contributed by atoms with Gasteiger partial charge in [0.2, 0.25) is 0 Å². The zero-order chi connectivity index (χ0) is 14.6. The molecule has 1 saturated heterocycles. The molecule has 4 atom stereocenters. The Bertz CT molecular complexity index is 421. The second kappa shape index (κ2) is 5.87. The largest absolute Gasteiger partial charge is 0.463 e. The van der Waals surface area contributed by atoms with Crippen molar-refractivity contribution in [1.82, 2.24) is 0 Å². The minimum absolute atomic E-state index is 0.0386. The third-order valence-electron chi connectivity index (χ3n) is 2.98. The number of ether oxygens (including phenoxy) is 2. The highest BCUT2D eigenvalue weighted by Crippen LogP contribution is 2.35. The number of cyclic esters (lactones) is 1. The molecule has 1 rings (SSSR count). The summed E-state index contributed by atoms with van der Waals surface area (Å²) >= 11 is 0. The predicted molar refractivity (Wildman–Crippen MR) is 60.6 cm³/mol. The Morgan fingerprint density at radius 2 is 2.37 bits per heavy atom. The van der Waals surface area contributed by atoms with E-state index < -0.39 is 42.2 Å². The Labute approximate surface area is 108 Å². The van der Waals surface area contributed by atoms with E-state index in [0.29, 0.717) is 0 Å². The number of aliphatic hydroxyl groups excluding tert-OH is 1. The molecular weight excluding hydrogens is 258 g/mol. The molecule has 106 valence electrons. The van der Waals surface area contributed by atoms with E-state index in [1.807, 2.05) is 0 Å². The van der Waals surface area contributed by atoms with Crippen molar-refractivity contribution in [3.63, 3.8) is 0 Å². The second-order valence-corrected chi connectivity index (χ2v) is 4.09. The van der Waals surface area contributed by atoms with Crippen LogP contribution in [0.1, 0.15) is 13.8 Å². The van der Waals surface area contributed by atoms with E-state index in [4.69, 9.17) is 10.3 Å². The normalized spacial score (nSPS) is 31.3. The first-order chi connectivity index (χ1) is 8.93. The fraction of sp³-hybridized carbons (Fsp3) is 0.800. The zero-order valence-corrected chi connectivity index (χ0v) is 10.5. The number of azide groups is 1. The highest BCUT2D eigenvalue weighted by atomic mass is 16.6. The van der Waals surface area contributed by atoms with Gasteiger partial charge in [0, 0.05) is 4.91 Å². The van der Waals surface area contributed by atoms with Gasteiger partial charge >= 0.3 is 11.9 Å². The van der Waals surface area contributed by atoms with Gasteiger partial charge in [0.25, 0.3) is 5.60 Å². The van der Waals surface area contributed by atoms with Gasteiger partial charge in [-0.2, -0.15) is 0 Å². The van der Waals surface area contributed by atoms with Crippen LogP contribution in [0.4, 0.5) is 0 Å². The minimum atomic E-state index is -2.57. The molecule has 0 aromatic carbocycles. The van der Waals surface area contributed by atoms with Crippen LogP contribution in [0.3, 0.4) is 0 Å². The summed E-state index contributed by atoms with van der Waals surface area (Å²) in [4.78, 5) is 25.9. The third-order valence-corrected chi connectivity index (χ3v) is 2.98. The summed E-state index contributed by atoms with van der Waals surface area (Å²) in [6, 6.07) is -0.838. The first-order valence-corrected chi connectivity index (χ1v) is 5.69. The van der Waals surface area contributed by atoms with Gasteiger partial charge in [0.15, 0.2) is 0 Å². The second-order valence-electron chi connectivity index (χ2n) is 4.09. The highest BCUT2D eigenvalue weighted by Gasteiger charge is 2.63. The standard InChI is InChI=1S/C10H15N3O6/c1-3-18-8(15)10(17)6(4-14)7(19-9(10)16)5(2)12-13-11/h5-7,14,17H,3-4H2,1-2H3/t5-,6+,7+,10+/m1/s1. The van der Waals surface area contributed by atoms with Gasteiger partial charge in [-0.15, -0.1) is 0 Å². The maximum Gasteiger partial charge on any atom is 0.350 e. The van der Waals surface area contributed by atoms with Gasteiger partial charge in [0.05, 0.1) is 25.2 Å². The van der Waals surface area contributed by atoms with Crippen LogP contribution in [0.2, 0.25) is 0 Å². The van der Waals surface area contributed by atoms with Crippen LogP contribution in [-0.4, -0.2) is 53.1 Å². The first kappa shape index (κ1) is 15.2. The Balaban J connectivity index is 3.09. The number of hydrogen-bond donors (Lipinski definition) is 2. The van der Waals surface area contributed by atoms with E-state index in [0.717, 1.165) is 0 Å². The molecule has 9 nitrogen and oxygen atoms in total. The quantitative estimate of drug-likeness (QED) is 0.227. The highest BCUT2D eigenvalue weighted by molar-refractivity contribution is 6.05. The van der Waals surface area contributed by atoms with Crippen LogP contribution >= 0.6 is 0 Å². The van der Waals surface area contributed by atoms with E-state index in [-0.39, 0.29) is 6.61 Å². The monoisotopic (exact) mass is 273 g/mol. The molecule has 1 aliphatic heterocycles. The molecule has 0 aromatic rings. The summed E-state index contributed by atoms with van der Waals surface area (Å²) in [5, 5.41) is 22.8. The average Bonchev–Trinajstić information content (AvgIpc) is 2.63. The summed E-state index contributed by atoms with van der Waals surface area (Å²) < 4.78 is 9.46. The average molecular weight is 273 g/mol. The number of nitrogens with zero attached hydrogens (tertiary/aromatic N) is 3. The lowest BCUT2D eigenvalue weighted by Gasteiger charge is -2.25. The van der Waals surface area contributed by atoms with Gasteiger partial charge in [0.1, 0.15) is 6.10 Å². The van der Waals surface area contributed by atoms with Crippen LogP contribution in [0.25, 0.3) is 10.4 Å². The molecule has 9 heteroatoms. The number of carbonyl (C=O) groups excluding carboxylic acids is 2. The fourth-order valence-corrected chi connectivity index (χ4v) is 1.98. The number of hydrogen-bond acceptors (Lipinski definition) is 7. The van der Waals surface area contributed by atoms with Crippen molar-refractivity contribution in [1.29, 1.82) is 0 Å². The van der Waals surface area contributed by atoms with Gasteiger partial charge in [-0.25, -0.2) is 9.59 Å². The van der Waals surface area contributed by atoms with Gasteiger partial charge in [-0.05, 0) is 12.5 Å². The molecule has 0 amide bonds. The lowest BCUT2D eigenvalue weighted by Crippen LogP contribution is -2.52. The topological polar surface area (TPSA) is 142 Å². The summed E-state index contributed by atoms with van der Waals surface area (Å²) in [7, 11) is 0. The SMILES string of the molecule is CCOC(=O)[C@]1(O)C(=O)O[C@@H]([C@@H](C)N=[N+]=[N-])[C@@H]1CO. The van der Waals surface area contributed by atoms with Gasteiger partial charge in [-0.3, -0.25) is 0 Å². The van der Waals surface area contributed by atoms with Crippen LogP contribution in [0, 0.1) is 5.92 Å². The lowest BCUT2D eigenvalue weighted by atomic mass is 9.84. The van der Waals surface area contributed by atoms with E-state index in [1.54, 1.807) is 0 Å². The van der Waals surface area contributed by atoms with Crippen molar-refractivity contribution < 1.29 is 29.3 Å². The molecule has 1 heterocycles. The lowest BCUT2D eigenvalue weighted by molar-refractivity contribution is -0.178. The molecule has 0 aromatic heterocycles. The minimum Gasteiger partial charge on any atom is -0.463 e. The third kappa shape index (κ3) is 2.48. The number of aliphatic hydroxyl groups is 2. The summed E-state index contributed by atoms with van der Waals surface area (Å²) in [5.41, 5.74) is 5.77. The van der Waals surface area contributed by atoms with Crippen LogP contribution in [-0.2, 0) is 19.1 Å². The van der Waals surface area contributed by atoms with E-state index in [9.17, 15) is 19.8 Å². The zero-order valence-electron chi connectivity index (χ0n) is 10.5. The van der Waals surface area contributed by atoms with Gasteiger partial charge in [-0.1, -0.05) is 12.0 Å². The molecule has 0 saturated carbocycles. The van der Waals surface area contributed by atoms with Crippen molar-refractivity contribution in [2.24, 2.45) is 11.0 Å². The molecule has 1 fully saturated rings. The summed E-state index contributed by atoms with van der Waals surface area (Å²) in [6.45, 7) is 2.22. The molecule has 0 unspecified atom stereocenters. The molecule has 0 spiro atoms. The van der Waals surface area contributed by atoms with Gasteiger partial charge < -0.3 is 19.7 Å². The number of esters is 2. The van der Waals surface area contributed by atoms with Crippen LogP contribution < -0.4 is 0 Å². The summed E-state index contributed by atoms with van der Waals surface area (Å²) in [5.74, 6) is -3.65. The van der Waals surface area contributed by atoms with Crippen molar-refractivity contribution in [2.45, 2.75) is 31.6 Å². The van der Waals surface area contributed by atoms with Crippen LogP contribution in [0.15, 0.2) is 5.11 Å². The maximum atomic E-state index is 11.7. The van der Waals surface area contributed by atoms with E-state index >= 15 is 0 Å². The van der Waals surface area contributed by atoms with Crippen molar-refractivity contribution in [3.05, 3.63) is 10.4 Å². The maximum absolute atomic E-state index is 11.7. The molecule has 0 radical (unpaired) electrons. The molecule has 0 bridgehead atoms. The molecular formula is C10H15N3O6. The van der Waals surface area contributed by atoms with Crippen molar-refractivity contribution >= 4 is 11.9 Å². The number of rotatable bonds is 5. The molecule has 19 heavy (non-hydrogen) atoms. The number of carbonyl (C=O) groups is 2. The van der Waals surface area contributed by atoms with E-state index in [1.165, 1.54) is 13.8 Å².